The van der Waals surface area contributed by atoms with E-state index in [2.05, 4.69) is 37.3 Å². The molecule has 1 aliphatic heterocycles. The minimum atomic E-state index is -0.588. The summed E-state index contributed by atoms with van der Waals surface area (Å²) in [6, 6.07) is 4.10. The minimum absolute atomic E-state index is 0.178. The van der Waals surface area contributed by atoms with Crippen LogP contribution in [0.1, 0.15) is 35.6 Å². The van der Waals surface area contributed by atoms with Gasteiger partial charge in [0.05, 0.1) is 11.6 Å². The number of hydrogen-bond acceptors (Lipinski definition) is 5. The molecule has 8 nitrogen and oxygen atoms in total. The number of nitrogens with two attached hydrogens (primary N) is 1. The lowest BCUT2D eigenvalue weighted by atomic mass is 9.93. The summed E-state index contributed by atoms with van der Waals surface area (Å²) in [5, 5.41) is 9.59. The Morgan fingerprint density at radius 3 is 2.96 bits per heavy atom. The third-order valence-corrected chi connectivity index (χ3v) is 4.96. The highest BCUT2D eigenvalue weighted by atomic mass is 16.1. The molecular formula is C18H20N7O. The van der Waals surface area contributed by atoms with E-state index in [0.29, 0.717) is 23.5 Å². The number of aromatic nitrogens is 4. The minimum Gasteiger partial charge on any atom is -0.364 e. The van der Waals surface area contributed by atoms with Crippen LogP contribution in [0.5, 0.6) is 0 Å². The number of aromatic amines is 2. The molecule has 0 aliphatic carbocycles. The topological polar surface area (TPSA) is 127 Å². The van der Waals surface area contributed by atoms with E-state index in [0.717, 1.165) is 49.2 Å². The number of hydrogen-bond donors (Lipinski definition) is 3. The van der Waals surface area contributed by atoms with E-state index in [9.17, 15) is 4.79 Å². The maximum atomic E-state index is 11.8. The zero-order valence-electron chi connectivity index (χ0n) is 14.3. The number of primary amides is 1. The normalized spacial score (nSPS) is 16.3. The first-order chi connectivity index (χ1) is 12.7. The number of nitrogens with zero attached hydrogens (tertiary/aromatic N) is 4. The number of imidazole rings is 1. The van der Waals surface area contributed by atoms with Crippen LogP contribution >= 0.6 is 0 Å². The number of fused-ring (bicyclic) bond motifs is 3. The molecule has 0 atom stereocenters. The first kappa shape index (κ1) is 16.5. The lowest BCUT2D eigenvalue weighted by Gasteiger charge is -2.30. The van der Waals surface area contributed by atoms with E-state index in [-0.39, 0.29) is 5.69 Å². The van der Waals surface area contributed by atoms with E-state index in [1.54, 1.807) is 6.20 Å². The van der Waals surface area contributed by atoms with Gasteiger partial charge in [-0.3, -0.25) is 4.79 Å². The zero-order chi connectivity index (χ0) is 18.1. The molecule has 1 radical (unpaired) electrons. The van der Waals surface area contributed by atoms with Gasteiger partial charge in [0, 0.05) is 31.0 Å². The number of carbonyl (C=O) groups is 1. The van der Waals surface area contributed by atoms with Gasteiger partial charge in [-0.2, -0.15) is 5.26 Å². The third kappa shape index (κ3) is 3.02. The molecule has 0 bridgehead atoms. The Morgan fingerprint density at radius 2 is 2.23 bits per heavy atom. The smallest absolute Gasteiger partial charge is 0.269 e. The Bertz CT molecular complexity index is 988. The Kier molecular flexibility index (Phi) is 4.31. The molecule has 0 unspecified atom stereocenters. The Morgan fingerprint density at radius 1 is 1.42 bits per heavy atom. The summed E-state index contributed by atoms with van der Waals surface area (Å²) in [5.41, 5.74) is 7.57. The molecule has 1 amide bonds. The van der Waals surface area contributed by atoms with E-state index in [1.165, 1.54) is 0 Å². The lowest BCUT2D eigenvalue weighted by molar-refractivity contribution is 0.0997. The van der Waals surface area contributed by atoms with E-state index < -0.39 is 5.91 Å². The molecule has 8 heteroatoms. The molecule has 1 saturated heterocycles. The van der Waals surface area contributed by atoms with Gasteiger partial charge in [0.15, 0.2) is 5.69 Å². The molecule has 1 aliphatic rings. The lowest BCUT2D eigenvalue weighted by Crippen LogP contribution is -2.34. The summed E-state index contributed by atoms with van der Waals surface area (Å²) < 4.78 is 0. The highest BCUT2D eigenvalue weighted by molar-refractivity contribution is 6.10. The van der Waals surface area contributed by atoms with Gasteiger partial charge in [-0.25, -0.2) is 9.97 Å². The molecule has 4 N–H and O–H groups in total. The number of nitrogens with one attached hydrogen (secondary N) is 2. The SMILES string of the molecule is N#CCCN1CCC([CH]c2nc3c(C(N)=O)nc4[nH]ccc4c3[nH]2)CC1. The van der Waals surface area contributed by atoms with Gasteiger partial charge in [0.25, 0.3) is 5.91 Å². The molecule has 133 valence electrons. The summed E-state index contributed by atoms with van der Waals surface area (Å²) in [4.78, 5) is 29.3. The summed E-state index contributed by atoms with van der Waals surface area (Å²) in [7, 11) is 0. The molecular weight excluding hydrogens is 330 g/mol. The summed E-state index contributed by atoms with van der Waals surface area (Å²) in [6.45, 7) is 2.81. The van der Waals surface area contributed by atoms with Crippen molar-refractivity contribution in [3.05, 3.63) is 30.2 Å². The maximum absolute atomic E-state index is 11.8. The fourth-order valence-corrected chi connectivity index (χ4v) is 3.60. The third-order valence-electron chi connectivity index (χ3n) is 4.96. The molecule has 0 aromatic carbocycles. The van der Waals surface area contributed by atoms with Crippen molar-refractivity contribution in [2.45, 2.75) is 19.3 Å². The van der Waals surface area contributed by atoms with Crippen molar-refractivity contribution in [3.63, 3.8) is 0 Å². The van der Waals surface area contributed by atoms with Crippen molar-refractivity contribution in [2.24, 2.45) is 11.7 Å². The largest absolute Gasteiger partial charge is 0.364 e. The highest BCUT2D eigenvalue weighted by Gasteiger charge is 2.22. The summed E-state index contributed by atoms with van der Waals surface area (Å²) in [5.74, 6) is 0.574. The average Bonchev–Trinajstić information content (AvgIpc) is 3.26. The molecule has 3 aromatic rings. The van der Waals surface area contributed by atoms with Crippen LogP contribution in [0.4, 0.5) is 0 Å². The van der Waals surface area contributed by atoms with Crippen LogP contribution in [0.2, 0.25) is 0 Å². The quantitative estimate of drug-likeness (QED) is 0.645. The van der Waals surface area contributed by atoms with Gasteiger partial charge >= 0.3 is 0 Å². The number of likely N-dealkylation sites (tertiary alicyclic amines) is 1. The standard InChI is InChI=1S/C18H20N7O/c19-5-1-7-25-8-3-11(4-9-25)10-13-22-14-12-2-6-21-18(12)24-16(17(20)26)15(14)23-13/h2,6,10-11H,1,3-4,7-9H2,(H2,20,26)(H,21,24)(H,22,23). The molecule has 1 fully saturated rings. The van der Waals surface area contributed by atoms with Gasteiger partial charge < -0.3 is 20.6 Å². The summed E-state index contributed by atoms with van der Waals surface area (Å²) >= 11 is 0. The molecule has 3 aromatic heterocycles. The van der Waals surface area contributed by atoms with Crippen molar-refractivity contribution in [1.82, 2.24) is 24.8 Å². The molecule has 26 heavy (non-hydrogen) atoms. The number of nitriles is 1. The van der Waals surface area contributed by atoms with Crippen LogP contribution < -0.4 is 5.73 Å². The van der Waals surface area contributed by atoms with E-state index in [1.807, 2.05) is 6.07 Å². The molecule has 0 spiro atoms. The average molecular weight is 350 g/mol. The maximum Gasteiger partial charge on any atom is 0.269 e. The Balaban J connectivity index is 1.56. The van der Waals surface area contributed by atoms with Crippen LogP contribution in [-0.4, -0.2) is 50.4 Å². The van der Waals surface area contributed by atoms with Gasteiger partial charge in [0.1, 0.15) is 17.0 Å². The summed E-state index contributed by atoms with van der Waals surface area (Å²) in [6.07, 6.45) is 6.55. The second kappa shape index (κ2) is 6.77. The van der Waals surface area contributed by atoms with Crippen LogP contribution in [0.15, 0.2) is 12.3 Å². The van der Waals surface area contributed by atoms with Gasteiger partial charge in [-0.1, -0.05) is 0 Å². The number of pyridine rings is 1. The molecule has 4 rings (SSSR count). The van der Waals surface area contributed by atoms with Crippen molar-refractivity contribution < 1.29 is 4.79 Å². The second-order valence-electron chi connectivity index (χ2n) is 6.66. The van der Waals surface area contributed by atoms with Crippen molar-refractivity contribution in [1.29, 1.82) is 5.26 Å². The molecule has 4 heterocycles. The number of carbonyl (C=O) groups excluding carboxylic acids is 1. The van der Waals surface area contributed by atoms with Crippen molar-refractivity contribution in [3.8, 4) is 6.07 Å². The fourth-order valence-electron chi connectivity index (χ4n) is 3.60. The van der Waals surface area contributed by atoms with Gasteiger partial charge in [-0.05, 0) is 37.9 Å². The zero-order valence-corrected chi connectivity index (χ0v) is 14.3. The van der Waals surface area contributed by atoms with E-state index >= 15 is 0 Å². The van der Waals surface area contributed by atoms with Crippen LogP contribution in [0.3, 0.4) is 0 Å². The van der Waals surface area contributed by atoms with Gasteiger partial charge in [0.2, 0.25) is 0 Å². The fraction of sp³-hybridized carbons (Fsp3) is 0.389. The number of amides is 1. The Labute approximate surface area is 150 Å². The predicted molar refractivity (Wildman–Crippen MR) is 97.1 cm³/mol. The number of H-pyrrole nitrogens is 2. The van der Waals surface area contributed by atoms with Crippen molar-refractivity contribution >= 4 is 28.0 Å². The first-order valence-corrected chi connectivity index (χ1v) is 8.76. The van der Waals surface area contributed by atoms with Crippen molar-refractivity contribution in [2.75, 3.05) is 19.6 Å². The van der Waals surface area contributed by atoms with Gasteiger partial charge in [-0.15, -0.1) is 0 Å². The highest BCUT2D eigenvalue weighted by Crippen LogP contribution is 2.27. The van der Waals surface area contributed by atoms with Crippen LogP contribution in [0, 0.1) is 23.7 Å². The number of rotatable bonds is 5. The Hall–Kier alpha value is -2.92. The van der Waals surface area contributed by atoms with E-state index in [4.69, 9.17) is 11.0 Å². The van der Waals surface area contributed by atoms with Crippen LogP contribution in [-0.2, 0) is 0 Å². The second-order valence-corrected chi connectivity index (χ2v) is 6.66. The monoisotopic (exact) mass is 350 g/mol. The number of piperidine rings is 1. The molecule has 0 saturated carbocycles. The first-order valence-electron chi connectivity index (χ1n) is 8.76. The van der Waals surface area contributed by atoms with Crippen LogP contribution in [0.25, 0.3) is 22.1 Å². The predicted octanol–water partition coefficient (Wildman–Crippen LogP) is 1.72.